The number of rotatable bonds is 6. The SMILES string of the molecule is CC1CC(NC(=O)c2csc(CCN)n2)CCN1Cc1ccccc1. The number of piperidine rings is 1. The third kappa shape index (κ3) is 4.87. The number of carbonyl (C=O) groups is 1. The summed E-state index contributed by atoms with van der Waals surface area (Å²) in [6, 6.07) is 11.2. The van der Waals surface area contributed by atoms with Gasteiger partial charge in [0.05, 0.1) is 5.01 Å². The molecule has 2 aromatic rings. The number of carbonyl (C=O) groups excluding carboxylic acids is 1. The number of nitrogens with zero attached hydrogens (tertiary/aromatic N) is 2. The smallest absolute Gasteiger partial charge is 0.270 e. The average Bonchev–Trinajstić information content (AvgIpc) is 3.07. The molecule has 3 rings (SSSR count). The van der Waals surface area contributed by atoms with Crippen molar-refractivity contribution < 1.29 is 4.79 Å². The predicted octanol–water partition coefficient (Wildman–Crippen LogP) is 2.43. The lowest BCUT2D eigenvalue weighted by Gasteiger charge is -2.38. The van der Waals surface area contributed by atoms with E-state index >= 15 is 0 Å². The molecule has 1 aliphatic rings. The third-order valence-electron chi connectivity index (χ3n) is 4.72. The van der Waals surface area contributed by atoms with E-state index in [0.717, 1.165) is 37.4 Å². The fourth-order valence-electron chi connectivity index (χ4n) is 3.32. The summed E-state index contributed by atoms with van der Waals surface area (Å²) < 4.78 is 0. The van der Waals surface area contributed by atoms with Crippen molar-refractivity contribution in [2.45, 2.75) is 44.8 Å². The molecule has 134 valence electrons. The van der Waals surface area contributed by atoms with Crippen molar-refractivity contribution in [2.75, 3.05) is 13.1 Å². The minimum Gasteiger partial charge on any atom is -0.348 e. The Kier molecular flexibility index (Phi) is 6.18. The van der Waals surface area contributed by atoms with Crippen LogP contribution in [-0.2, 0) is 13.0 Å². The second kappa shape index (κ2) is 8.56. The highest BCUT2D eigenvalue weighted by molar-refractivity contribution is 7.09. The summed E-state index contributed by atoms with van der Waals surface area (Å²) in [5.74, 6) is -0.0618. The van der Waals surface area contributed by atoms with Crippen molar-refractivity contribution in [3.63, 3.8) is 0 Å². The molecular formula is C19H26N4OS. The van der Waals surface area contributed by atoms with Crippen LogP contribution in [0.1, 0.15) is 40.8 Å². The number of hydrogen-bond donors (Lipinski definition) is 2. The quantitative estimate of drug-likeness (QED) is 0.832. The van der Waals surface area contributed by atoms with Crippen LogP contribution in [0.25, 0.3) is 0 Å². The standard InChI is InChI=1S/C19H26N4OS/c1-14-11-16(8-10-23(14)12-15-5-3-2-4-6-15)21-19(24)17-13-25-18(22-17)7-9-20/h2-6,13-14,16H,7-12,20H2,1H3,(H,21,24). The lowest BCUT2D eigenvalue weighted by Crippen LogP contribution is -2.48. The Labute approximate surface area is 153 Å². The Hall–Kier alpha value is -1.76. The molecule has 0 bridgehead atoms. The van der Waals surface area contributed by atoms with Crippen LogP contribution in [0.15, 0.2) is 35.7 Å². The summed E-state index contributed by atoms with van der Waals surface area (Å²) >= 11 is 1.51. The number of benzene rings is 1. The van der Waals surface area contributed by atoms with E-state index < -0.39 is 0 Å². The van der Waals surface area contributed by atoms with Crippen molar-refractivity contribution in [2.24, 2.45) is 5.73 Å². The monoisotopic (exact) mass is 358 g/mol. The summed E-state index contributed by atoms with van der Waals surface area (Å²) in [5.41, 5.74) is 7.40. The van der Waals surface area contributed by atoms with Crippen LogP contribution in [0.4, 0.5) is 0 Å². The zero-order chi connectivity index (χ0) is 17.6. The maximum absolute atomic E-state index is 12.4. The van der Waals surface area contributed by atoms with Crippen molar-refractivity contribution in [1.29, 1.82) is 0 Å². The Morgan fingerprint density at radius 3 is 2.92 bits per heavy atom. The molecule has 1 saturated heterocycles. The van der Waals surface area contributed by atoms with Crippen LogP contribution in [0.2, 0.25) is 0 Å². The van der Waals surface area contributed by atoms with Crippen LogP contribution < -0.4 is 11.1 Å². The van der Waals surface area contributed by atoms with E-state index in [2.05, 4.69) is 46.4 Å². The molecule has 2 atom stereocenters. The molecule has 1 aliphatic heterocycles. The van der Waals surface area contributed by atoms with E-state index in [0.29, 0.717) is 18.3 Å². The second-order valence-corrected chi connectivity index (χ2v) is 7.61. The minimum absolute atomic E-state index is 0.0618. The van der Waals surface area contributed by atoms with Crippen LogP contribution >= 0.6 is 11.3 Å². The molecule has 1 aromatic heterocycles. The first kappa shape index (κ1) is 18.0. The van der Waals surface area contributed by atoms with Gasteiger partial charge in [0, 0.05) is 37.0 Å². The Morgan fingerprint density at radius 2 is 2.20 bits per heavy atom. The van der Waals surface area contributed by atoms with Crippen LogP contribution in [0.3, 0.4) is 0 Å². The second-order valence-electron chi connectivity index (χ2n) is 6.67. The first-order valence-electron chi connectivity index (χ1n) is 8.89. The number of likely N-dealkylation sites (tertiary alicyclic amines) is 1. The van der Waals surface area contributed by atoms with E-state index in [4.69, 9.17) is 5.73 Å². The van der Waals surface area contributed by atoms with Crippen molar-refractivity contribution in [3.05, 3.63) is 52.0 Å². The van der Waals surface area contributed by atoms with Gasteiger partial charge in [-0.1, -0.05) is 30.3 Å². The fourth-order valence-corrected chi connectivity index (χ4v) is 4.11. The largest absolute Gasteiger partial charge is 0.348 e. The number of nitrogens with one attached hydrogen (secondary N) is 1. The number of aromatic nitrogens is 1. The lowest BCUT2D eigenvalue weighted by atomic mass is 9.97. The molecule has 1 fully saturated rings. The summed E-state index contributed by atoms with van der Waals surface area (Å²) in [5, 5.41) is 5.91. The van der Waals surface area contributed by atoms with Gasteiger partial charge in [0.15, 0.2) is 0 Å². The lowest BCUT2D eigenvalue weighted by molar-refractivity contribution is 0.0862. The van der Waals surface area contributed by atoms with E-state index in [1.807, 2.05) is 11.4 Å². The van der Waals surface area contributed by atoms with E-state index in [9.17, 15) is 4.79 Å². The number of amides is 1. The first-order valence-corrected chi connectivity index (χ1v) is 9.77. The molecule has 0 saturated carbocycles. The van der Waals surface area contributed by atoms with Gasteiger partial charge in [0.2, 0.25) is 0 Å². The topological polar surface area (TPSA) is 71.2 Å². The molecule has 0 spiro atoms. The molecular weight excluding hydrogens is 332 g/mol. The highest BCUT2D eigenvalue weighted by Gasteiger charge is 2.27. The summed E-state index contributed by atoms with van der Waals surface area (Å²) in [6.45, 7) is 4.77. The van der Waals surface area contributed by atoms with E-state index in [-0.39, 0.29) is 11.9 Å². The maximum Gasteiger partial charge on any atom is 0.270 e. The number of nitrogens with two attached hydrogens (primary N) is 1. The zero-order valence-electron chi connectivity index (χ0n) is 14.6. The predicted molar refractivity (Wildman–Crippen MR) is 102 cm³/mol. The first-order chi connectivity index (χ1) is 12.2. The molecule has 6 heteroatoms. The summed E-state index contributed by atoms with van der Waals surface area (Å²) in [7, 11) is 0. The fraction of sp³-hybridized carbons (Fsp3) is 0.474. The minimum atomic E-state index is -0.0618. The molecule has 1 amide bonds. The molecule has 0 aliphatic carbocycles. The Balaban J connectivity index is 1.51. The molecule has 5 nitrogen and oxygen atoms in total. The van der Waals surface area contributed by atoms with Crippen molar-refractivity contribution >= 4 is 17.2 Å². The van der Waals surface area contributed by atoms with Crippen molar-refractivity contribution in [1.82, 2.24) is 15.2 Å². The van der Waals surface area contributed by atoms with Gasteiger partial charge in [-0.3, -0.25) is 9.69 Å². The highest BCUT2D eigenvalue weighted by atomic mass is 32.1. The van der Waals surface area contributed by atoms with Gasteiger partial charge in [-0.2, -0.15) is 0 Å². The molecule has 2 unspecified atom stereocenters. The van der Waals surface area contributed by atoms with Gasteiger partial charge >= 0.3 is 0 Å². The zero-order valence-corrected chi connectivity index (χ0v) is 15.5. The van der Waals surface area contributed by atoms with Crippen LogP contribution in [0.5, 0.6) is 0 Å². The van der Waals surface area contributed by atoms with Crippen LogP contribution in [0, 0.1) is 0 Å². The van der Waals surface area contributed by atoms with Crippen LogP contribution in [-0.4, -0.2) is 41.0 Å². The van der Waals surface area contributed by atoms with Gasteiger partial charge in [-0.05, 0) is 31.9 Å². The maximum atomic E-state index is 12.4. The third-order valence-corrected chi connectivity index (χ3v) is 5.63. The van der Waals surface area contributed by atoms with Gasteiger partial charge < -0.3 is 11.1 Å². The molecule has 1 aromatic carbocycles. The molecule has 2 heterocycles. The summed E-state index contributed by atoms with van der Waals surface area (Å²) in [6.07, 6.45) is 2.67. The molecule has 0 radical (unpaired) electrons. The normalized spacial score (nSPS) is 21.2. The van der Waals surface area contributed by atoms with Gasteiger partial charge in [-0.15, -0.1) is 11.3 Å². The van der Waals surface area contributed by atoms with Crippen molar-refractivity contribution in [3.8, 4) is 0 Å². The Bertz CT molecular complexity index is 688. The highest BCUT2D eigenvalue weighted by Crippen LogP contribution is 2.20. The van der Waals surface area contributed by atoms with Gasteiger partial charge in [0.25, 0.3) is 5.91 Å². The van der Waals surface area contributed by atoms with E-state index in [1.165, 1.54) is 16.9 Å². The summed E-state index contributed by atoms with van der Waals surface area (Å²) in [4.78, 5) is 19.3. The molecule has 3 N–H and O–H groups in total. The Morgan fingerprint density at radius 1 is 1.40 bits per heavy atom. The number of hydrogen-bond acceptors (Lipinski definition) is 5. The number of thiazole rings is 1. The molecule has 25 heavy (non-hydrogen) atoms. The van der Waals surface area contributed by atoms with Gasteiger partial charge in [-0.25, -0.2) is 4.98 Å². The van der Waals surface area contributed by atoms with E-state index in [1.54, 1.807) is 0 Å². The van der Waals surface area contributed by atoms with Gasteiger partial charge in [0.1, 0.15) is 5.69 Å². The average molecular weight is 359 g/mol.